The normalized spacial score (nSPS) is 17.5. The number of aromatic nitrogens is 1. The third kappa shape index (κ3) is 3.97. The molecule has 0 aliphatic carbocycles. The summed E-state index contributed by atoms with van der Waals surface area (Å²) in [6.07, 6.45) is 2.84. The molecule has 1 unspecified atom stereocenters. The molecule has 1 fully saturated rings. The first-order valence-electron chi connectivity index (χ1n) is 8.40. The van der Waals surface area contributed by atoms with Crippen molar-refractivity contribution in [2.45, 2.75) is 13.0 Å². The summed E-state index contributed by atoms with van der Waals surface area (Å²) in [4.78, 5) is 19.7. The van der Waals surface area contributed by atoms with E-state index in [1.54, 1.807) is 12.3 Å². The van der Waals surface area contributed by atoms with E-state index >= 15 is 0 Å². The largest absolute Gasteiger partial charge is 0.491 e. The molecule has 24 heavy (non-hydrogen) atoms. The van der Waals surface area contributed by atoms with E-state index < -0.39 is 0 Å². The number of aromatic amines is 1. The van der Waals surface area contributed by atoms with Gasteiger partial charge in [-0.3, -0.25) is 4.79 Å². The van der Waals surface area contributed by atoms with Crippen LogP contribution in [0.5, 0.6) is 5.75 Å². The van der Waals surface area contributed by atoms with Crippen LogP contribution in [0.15, 0.2) is 47.4 Å². The van der Waals surface area contributed by atoms with Crippen LogP contribution < -0.4 is 15.1 Å². The van der Waals surface area contributed by atoms with Crippen molar-refractivity contribution in [1.29, 1.82) is 0 Å². The molecular formula is C19H25N3O2. The van der Waals surface area contributed by atoms with Gasteiger partial charge in [-0.1, -0.05) is 18.2 Å². The van der Waals surface area contributed by atoms with Crippen molar-refractivity contribution < 1.29 is 4.74 Å². The molecule has 1 aliphatic heterocycles. The molecule has 0 radical (unpaired) electrons. The van der Waals surface area contributed by atoms with Crippen LogP contribution in [0.3, 0.4) is 0 Å². The van der Waals surface area contributed by atoms with Gasteiger partial charge in [0.05, 0.1) is 7.11 Å². The summed E-state index contributed by atoms with van der Waals surface area (Å²) in [6.45, 7) is 3.97. The average Bonchev–Trinajstić information content (AvgIpc) is 3.04. The SMILES string of the molecule is COc1c[nH]c(CN(C)CC2CCN(c3ccccc3)C2)cc1=O. The molecule has 0 saturated carbocycles. The highest BCUT2D eigenvalue weighted by Gasteiger charge is 2.23. The number of para-hydroxylation sites is 1. The van der Waals surface area contributed by atoms with E-state index in [1.165, 1.54) is 19.2 Å². The first-order chi connectivity index (χ1) is 11.7. The zero-order valence-corrected chi connectivity index (χ0v) is 14.4. The summed E-state index contributed by atoms with van der Waals surface area (Å²) < 4.78 is 5.00. The molecule has 5 nitrogen and oxygen atoms in total. The Kier molecular flexibility index (Phi) is 5.20. The number of hydrogen-bond acceptors (Lipinski definition) is 4. The maximum Gasteiger partial charge on any atom is 0.223 e. The molecular weight excluding hydrogens is 302 g/mol. The lowest BCUT2D eigenvalue weighted by atomic mass is 10.1. The minimum Gasteiger partial charge on any atom is -0.491 e. The molecule has 2 heterocycles. The highest BCUT2D eigenvalue weighted by molar-refractivity contribution is 5.46. The topological polar surface area (TPSA) is 48.6 Å². The lowest BCUT2D eigenvalue weighted by molar-refractivity contribution is 0.276. The fourth-order valence-corrected chi connectivity index (χ4v) is 3.40. The van der Waals surface area contributed by atoms with Gasteiger partial charge in [-0.25, -0.2) is 0 Å². The van der Waals surface area contributed by atoms with Crippen molar-refractivity contribution >= 4 is 5.69 Å². The van der Waals surface area contributed by atoms with Crippen molar-refractivity contribution in [3.05, 3.63) is 58.5 Å². The number of anilines is 1. The summed E-state index contributed by atoms with van der Waals surface area (Å²) in [5, 5.41) is 0. The molecule has 2 aromatic rings. The van der Waals surface area contributed by atoms with Crippen molar-refractivity contribution in [2.75, 3.05) is 38.7 Å². The fourth-order valence-electron chi connectivity index (χ4n) is 3.40. The smallest absolute Gasteiger partial charge is 0.223 e. The van der Waals surface area contributed by atoms with E-state index in [4.69, 9.17) is 4.74 Å². The zero-order valence-electron chi connectivity index (χ0n) is 14.4. The van der Waals surface area contributed by atoms with E-state index in [0.29, 0.717) is 11.7 Å². The summed E-state index contributed by atoms with van der Waals surface area (Å²) in [5.74, 6) is 1.01. The van der Waals surface area contributed by atoms with Crippen molar-refractivity contribution in [3.8, 4) is 5.75 Å². The molecule has 1 aliphatic rings. The molecule has 0 amide bonds. The monoisotopic (exact) mass is 327 g/mol. The van der Waals surface area contributed by atoms with E-state index in [9.17, 15) is 4.79 Å². The fraction of sp³-hybridized carbons (Fsp3) is 0.421. The quantitative estimate of drug-likeness (QED) is 0.885. The Morgan fingerprint density at radius 3 is 2.83 bits per heavy atom. The lowest BCUT2D eigenvalue weighted by Crippen LogP contribution is -2.28. The Bertz CT molecular complexity index is 714. The minimum absolute atomic E-state index is 0.0734. The van der Waals surface area contributed by atoms with Crippen LogP contribution in [-0.4, -0.2) is 43.7 Å². The Hall–Kier alpha value is -2.27. The molecule has 128 valence electrons. The number of benzene rings is 1. The molecule has 0 bridgehead atoms. The lowest BCUT2D eigenvalue weighted by Gasteiger charge is -2.22. The maximum atomic E-state index is 11.8. The number of pyridine rings is 1. The predicted molar refractivity (Wildman–Crippen MR) is 96.7 cm³/mol. The first-order valence-corrected chi connectivity index (χ1v) is 8.40. The van der Waals surface area contributed by atoms with Gasteiger partial charge in [-0.05, 0) is 31.5 Å². The van der Waals surface area contributed by atoms with Gasteiger partial charge in [0.1, 0.15) is 0 Å². The number of ether oxygens (including phenoxy) is 1. The standard InChI is InChI=1S/C19H25N3O2/c1-21(14-16-10-18(23)19(24-2)11-20-16)12-15-8-9-22(13-15)17-6-4-3-5-7-17/h3-7,10-11,15H,8-9,12-14H2,1-2H3,(H,20,23). The van der Waals surface area contributed by atoms with Crippen LogP contribution in [0.4, 0.5) is 5.69 Å². The van der Waals surface area contributed by atoms with Gasteiger partial charge >= 0.3 is 0 Å². The molecule has 1 aromatic carbocycles. The van der Waals surface area contributed by atoms with E-state index in [2.05, 4.69) is 52.2 Å². The number of nitrogens with zero attached hydrogens (tertiary/aromatic N) is 2. The van der Waals surface area contributed by atoms with Crippen molar-refractivity contribution in [2.24, 2.45) is 5.92 Å². The second kappa shape index (κ2) is 7.53. The molecule has 5 heteroatoms. The van der Waals surface area contributed by atoms with Crippen LogP contribution in [0, 0.1) is 5.92 Å². The third-order valence-corrected chi connectivity index (χ3v) is 4.57. The maximum absolute atomic E-state index is 11.8. The van der Waals surface area contributed by atoms with E-state index in [-0.39, 0.29) is 5.43 Å². The summed E-state index contributed by atoms with van der Waals surface area (Å²) >= 11 is 0. The molecule has 1 saturated heterocycles. The Balaban J connectivity index is 1.53. The van der Waals surface area contributed by atoms with Gasteiger partial charge in [-0.2, -0.15) is 0 Å². The molecule has 3 rings (SSSR count). The van der Waals surface area contributed by atoms with Gasteiger partial charge < -0.3 is 19.5 Å². The van der Waals surface area contributed by atoms with Gasteiger partial charge in [0.2, 0.25) is 5.43 Å². The second-order valence-corrected chi connectivity index (χ2v) is 6.52. The zero-order chi connectivity index (χ0) is 16.9. The number of nitrogens with one attached hydrogen (secondary N) is 1. The van der Waals surface area contributed by atoms with Gasteiger partial charge in [0, 0.05) is 49.8 Å². The third-order valence-electron chi connectivity index (χ3n) is 4.57. The molecule has 0 spiro atoms. The van der Waals surface area contributed by atoms with Crippen molar-refractivity contribution in [1.82, 2.24) is 9.88 Å². The highest BCUT2D eigenvalue weighted by Crippen LogP contribution is 2.24. The molecule has 1 aromatic heterocycles. The van der Waals surface area contributed by atoms with Crippen LogP contribution in [0.2, 0.25) is 0 Å². The Morgan fingerprint density at radius 1 is 1.33 bits per heavy atom. The van der Waals surface area contributed by atoms with Crippen LogP contribution in [0.1, 0.15) is 12.1 Å². The summed E-state index contributed by atoms with van der Waals surface area (Å²) in [5.41, 5.74) is 2.15. The van der Waals surface area contributed by atoms with Crippen LogP contribution in [0.25, 0.3) is 0 Å². The Labute approximate surface area is 142 Å². The molecule has 1 N–H and O–H groups in total. The Morgan fingerprint density at radius 2 is 2.12 bits per heavy atom. The van der Waals surface area contributed by atoms with Crippen LogP contribution >= 0.6 is 0 Å². The highest BCUT2D eigenvalue weighted by atomic mass is 16.5. The predicted octanol–water partition coefficient (Wildman–Crippen LogP) is 2.34. The summed E-state index contributed by atoms with van der Waals surface area (Å²) in [7, 11) is 3.61. The van der Waals surface area contributed by atoms with Crippen molar-refractivity contribution in [3.63, 3.8) is 0 Å². The number of hydrogen-bond donors (Lipinski definition) is 1. The summed E-state index contributed by atoms with van der Waals surface area (Å²) in [6, 6.07) is 12.2. The minimum atomic E-state index is -0.0734. The first kappa shape index (κ1) is 16.6. The number of rotatable bonds is 6. The van der Waals surface area contributed by atoms with Gasteiger partial charge in [0.15, 0.2) is 5.75 Å². The van der Waals surface area contributed by atoms with Gasteiger partial charge in [0.25, 0.3) is 0 Å². The van der Waals surface area contributed by atoms with E-state index in [0.717, 1.165) is 31.9 Å². The van der Waals surface area contributed by atoms with E-state index in [1.807, 2.05) is 0 Å². The second-order valence-electron chi connectivity index (χ2n) is 6.52. The number of H-pyrrole nitrogens is 1. The van der Waals surface area contributed by atoms with Crippen LogP contribution in [-0.2, 0) is 6.54 Å². The molecule has 1 atom stereocenters. The number of methoxy groups -OCH3 is 1. The average molecular weight is 327 g/mol. The van der Waals surface area contributed by atoms with Gasteiger partial charge in [-0.15, -0.1) is 0 Å².